The van der Waals surface area contributed by atoms with Gasteiger partial charge in [0.05, 0.1) is 35.7 Å². The molecule has 1 atom stereocenters. The first-order chi connectivity index (χ1) is 12.2. The van der Waals surface area contributed by atoms with Crippen LogP contribution in [0, 0.1) is 5.92 Å². The highest BCUT2D eigenvalue weighted by Gasteiger charge is 2.29. The van der Waals surface area contributed by atoms with Gasteiger partial charge in [-0.25, -0.2) is 4.98 Å². The molecule has 4 rings (SSSR count). The molecule has 8 heteroatoms. The number of rotatable bonds is 6. The third-order valence-electron chi connectivity index (χ3n) is 5.21. The summed E-state index contributed by atoms with van der Waals surface area (Å²) in [6.07, 6.45) is 4.19. The predicted molar refractivity (Wildman–Crippen MR) is 96.7 cm³/mol. The Morgan fingerprint density at radius 3 is 2.76 bits per heavy atom. The van der Waals surface area contributed by atoms with Crippen LogP contribution in [0.2, 0.25) is 0 Å². The lowest BCUT2D eigenvalue weighted by Gasteiger charge is -2.29. The number of hydrogen-bond acceptors (Lipinski definition) is 7. The average Bonchev–Trinajstić information content (AvgIpc) is 2.98. The summed E-state index contributed by atoms with van der Waals surface area (Å²) in [6, 6.07) is 0.261. The molecule has 2 fully saturated rings. The van der Waals surface area contributed by atoms with Crippen molar-refractivity contribution in [2.75, 3.05) is 56.0 Å². The first-order valence-electron chi connectivity index (χ1n) is 9.13. The van der Waals surface area contributed by atoms with Crippen LogP contribution in [0.5, 0.6) is 0 Å². The zero-order chi connectivity index (χ0) is 17.2. The summed E-state index contributed by atoms with van der Waals surface area (Å²) in [7, 11) is 1.05. The molecule has 7 nitrogen and oxygen atoms in total. The van der Waals surface area contributed by atoms with E-state index in [9.17, 15) is 4.21 Å². The molecule has 0 spiro atoms. The van der Waals surface area contributed by atoms with Crippen molar-refractivity contribution in [1.82, 2.24) is 9.97 Å². The van der Waals surface area contributed by atoms with Crippen LogP contribution >= 0.6 is 0 Å². The number of ether oxygens (including phenoxy) is 2. The monoisotopic (exact) mass is 366 g/mol. The second kappa shape index (κ2) is 7.55. The third-order valence-corrected chi connectivity index (χ3v) is 6.67. The molecule has 4 heterocycles. The number of aromatic nitrogens is 2. The summed E-state index contributed by atoms with van der Waals surface area (Å²) < 4.78 is 23.0. The average molecular weight is 366 g/mol. The number of nitrogens with one attached hydrogen (secondary N) is 1. The van der Waals surface area contributed by atoms with E-state index >= 15 is 0 Å². The first kappa shape index (κ1) is 17.2. The standard InChI is InChI=1S/C17H26N4O3S/c1-21(6-2-12-3-7-23-8-4-12)17-19-14-5-9-25(22)15(14)16(20-17)18-13-10-24-11-13/h12-13H,2-11H2,1H3,(H,18,19,20)/t25-/m1/s1. The van der Waals surface area contributed by atoms with Gasteiger partial charge in [-0.3, -0.25) is 4.21 Å². The normalized spacial score (nSPS) is 24.0. The van der Waals surface area contributed by atoms with E-state index in [0.29, 0.717) is 19.0 Å². The highest BCUT2D eigenvalue weighted by Crippen LogP contribution is 2.31. The van der Waals surface area contributed by atoms with Gasteiger partial charge in [0.1, 0.15) is 10.7 Å². The summed E-state index contributed by atoms with van der Waals surface area (Å²) in [5.41, 5.74) is 0.934. The first-order valence-corrected chi connectivity index (χ1v) is 10.4. The fraction of sp³-hybridized carbons (Fsp3) is 0.765. The van der Waals surface area contributed by atoms with E-state index in [0.717, 1.165) is 73.7 Å². The van der Waals surface area contributed by atoms with E-state index in [4.69, 9.17) is 19.4 Å². The van der Waals surface area contributed by atoms with Crippen molar-refractivity contribution in [2.24, 2.45) is 5.92 Å². The Kier molecular flexibility index (Phi) is 5.19. The van der Waals surface area contributed by atoms with Crippen molar-refractivity contribution < 1.29 is 13.7 Å². The van der Waals surface area contributed by atoms with Gasteiger partial charge in [-0.15, -0.1) is 0 Å². The maximum atomic E-state index is 12.3. The lowest BCUT2D eigenvalue weighted by molar-refractivity contribution is 0.0208. The zero-order valence-corrected chi connectivity index (χ0v) is 15.5. The van der Waals surface area contributed by atoms with Crippen molar-refractivity contribution in [3.05, 3.63) is 5.69 Å². The van der Waals surface area contributed by atoms with Crippen molar-refractivity contribution >= 4 is 22.6 Å². The molecule has 0 aliphatic carbocycles. The molecule has 0 unspecified atom stereocenters. The van der Waals surface area contributed by atoms with E-state index in [1.54, 1.807) is 0 Å². The van der Waals surface area contributed by atoms with Crippen LogP contribution in [0.4, 0.5) is 11.8 Å². The molecule has 1 aromatic rings. The molecule has 1 N–H and O–H groups in total. The molecule has 0 saturated carbocycles. The maximum absolute atomic E-state index is 12.3. The third kappa shape index (κ3) is 3.80. The fourth-order valence-electron chi connectivity index (χ4n) is 3.48. The molecule has 0 bridgehead atoms. The van der Waals surface area contributed by atoms with Crippen LogP contribution in [0.15, 0.2) is 4.90 Å². The molecule has 25 heavy (non-hydrogen) atoms. The highest BCUT2D eigenvalue weighted by atomic mass is 32.2. The van der Waals surface area contributed by atoms with Gasteiger partial charge in [0.15, 0.2) is 0 Å². The second-order valence-electron chi connectivity index (χ2n) is 7.09. The summed E-state index contributed by atoms with van der Waals surface area (Å²) in [5, 5.41) is 3.40. The summed E-state index contributed by atoms with van der Waals surface area (Å²) in [5.74, 6) is 2.84. The van der Waals surface area contributed by atoms with Gasteiger partial charge in [-0.05, 0) is 25.2 Å². The molecule has 138 valence electrons. The van der Waals surface area contributed by atoms with Crippen LogP contribution in [-0.4, -0.2) is 66.0 Å². The Bertz CT molecular complexity index is 647. The SMILES string of the molecule is CN(CCC1CCOCC1)c1nc2c(c(NC3COC3)n1)[S@](=O)CC2. The minimum Gasteiger partial charge on any atom is -0.381 e. The summed E-state index contributed by atoms with van der Waals surface area (Å²) in [6.45, 7) is 4.05. The molecule has 0 radical (unpaired) electrons. The van der Waals surface area contributed by atoms with E-state index in [1.807, 2.05) is 7.05 Å². The highest BCUT2D eigenvalue weighted by molar-refractivity contribution is 7.85. The zero-order valence-electron chi connectivity index (χ0n) is 14.7. The Morgan fingerprint density at radius 1 is 1.24 bits per heavy atom. The smallest absolute Gasteiger partial charge is 0.227 e. The van der Waals surface area contributed by atoms with Gasteiger partial charge in [-0.1, -0.05) is 0 Å². The van der Waals surface area contributed by atoms with Crippen LogP contribution in [0.1, 0.15) is 25.0 Å². The van der Waals surface area contributed by atoms with Crippen LogP contribution in [-0.2, 0) is 26.7 Å². The molecule has 0 aromatic carbocycles. The number of anilines is 2. The van der Waals surface area contributed by atoms with E-state index in [2.05, 4.69) is 10.2 Å². The number of hydrogen-bond donors (Lipinski definition) is 1. The molecule has 2 saturated heterocycles. The van der Waals surface area contributed by atoms with Crippen LogP contribution in [0.3, 0.4) is 0 Å². The van der Waals surface area contributed by atoms with E-state index < -0.39 is 10.8 Å². The number of nitrogens with zero attached hydrogens (tertiary/aromatic N) is 3. The van der Waals surface area contributed by atoms with Crippen LogP contribution < -0.4 is 10.2 Å². The van der Waals surface area contributed by atoms with Gasteiger partial charge in [0.25, 0.3) is 0 Å². The van der Waals surface area contributed by atoms with Crippen molar-refractivity contribution in [3.63, 3.8) is 0 Å². The predicted octanol–water partition coefficient (Wildman–Crippen LogP) is 1.20. The molecule has 0 amide bonds. The van der Waals surface area contributed by atoms with Gasteiger partial charge in [-0.2, -0.15) is 4.98 Å². The molecule has 3 aliphatic heterocycles. The Labute approximate surface area is 151 Å². The number of fused-ring (bicyclic) bond motifs is 1. The quantitative estimate of drug-likeness (QED) is 0.811. The van der Waals surface area contributed by atoms with E-state index in [-0.39, 0.29) is 6.04 Å². The van der Waals surface area contributed by atoms with E-state index in [1.165, 1.54) is 0 Å². The fourth-order valence-corrected chi connectivity index (χ4v) is 4.79. The minimum atomic E-state index is -0.993. The molecule has 1 aromatic heterocycles. The van der Waals surface area contributed by atoms with Crippen molar-refractivity contribution in [2.45, 2.75) is 36.6 Å². The molecular weight excluding hydrogens is 340 g/mol. The van der Waals surface area contributed by atoms with Crippen LogP contribution in [0.25, 0.3) is 0 Å². The van der Waals surface area contributed by atoms with Gasteiger partial charge < -0.3 is 19.7 Å². The largest absolute Gasteiger partial charge is 0.381 e. The van der Waals surface area contributed by atoms with Gasteiger partial charge in [0, 0.05) is 39.0 Å². The maximum Gasteiger partial charge on any atom is 0.227 e. The van der Waals surface area contributed by atoms with Crippen molar-refractivity contribution in [3.8, 4) is 0 Å². The number of aryl methyl sites for hydroxylation is 1. The molecular formula is C17H26N4O3S. The second-order valence-corrected chi connectivity index (χ2v) is 8.60. The van der Waals surface area contributed by atoms with Crippen molar-refractivity contribution in [1.29, 1.82) is 0 Å². The molecule has 3 aliphatic rings. The summed E-state index contributed by atoms with van der Waals surface area (Å²) >= 11 is 0. The Morgan fingerprint density at radius 2 is 2.04 bits per heavy atom. The lowest BCUT2D eigenvalue weighted by Crippen LogP contribution is -2.41. The van der Waals surface area contributed by atoms with Gasteiger partial charge >= 0.3 is 0 Å². The minimum absolute atomic E-state index is 0.261. The lowest BCUT2D eigenvalue weighted by atomic mass is 9.96. The van der Waals surface area contributed by atoms with Gasteiger partial charge in [0.2, 0.25) is 5.95 Å². The Hall–Kier alpha value is -1.25. The topological polar surface area (TPSA) is 76.6 Å². The summed E-state index contributed by atoms with van der Waals surface area (Å²) in [4.78, 5) is 12.3. The Balaban J connectivity index is 1.48.